The van der Waals surface area contributed by atoms with Crippen LogP contribution in [0.1, 0.15) is 24.1 Å². The van der Waals surface area contributed by atoms with E-state index in [9.17, 15) is 19.7 Å². The Labute approximate surface area is 147 Å². The minimum atomic E-state index is -0.770. The summed E-state index contributed by atoms with van der Waals surface area (Å²) >= 11 is 6.07. The molecule has 8 nitrogen and oxygen atoms in total. The molecule has 0 unspecified atom stereocenters. The summed E-state index contributed by atoms with van der Waals surface area (Å²) in [5, 5.41) is 22.9. The third kappa shape index (κ3) is 4.22. The molecule has 0 aliphatic heterocycles. The largest absolute Gasteiger partial charge is 0.348 e. The van der Waals surface area contributed by atoms with Gasteiger partial charge in [0.15, 0.2) is 0 Å². The van der Waals surface area contributed by atoms with Crippen molar-refractivity contribution in [3.05, 3.63) is 73.1 Å². The zero-order valence-corrected chi connectivity index (χ0v) is 13.9. The number of nitro groups is 1. The van der Waals surface area contributed by atoms with Gasteiger partial charge < -0.3 is 5.32 Å². The van der Waals surface area contributed by atoms with E-state index in [0.29, 0.717) is 10.6 Å². The summed E-state index contributed by atoms with van der Waals surface area (Å²) in [5.41, 5.74) is -0.917. The topological polar surface area (TPSA) is 118 Å². The Morgan fingerprint density at radius 2 is 2.16 bits per heavy atom. The molecule has 0 aliphatic carbocycles. The lowest BCUT2D eigenvalue weighted by Crippen LogP contribution is -2.34. The maximum absolute atomic E-state index is 12.2. The molecule has 128 valence electrons. The van der Waals surface area contributed by atoms with Crippen molar-refractivity contribution >= 4 is 23.2 Å². The van der Waals surface area contributed by atoms with E-state index < -0.39 is 40.2 Å². The van der Waals surface area contributed by atoms with Crippen LogP contribution in [0.4, 0.5) is 5.69 Å². The molecule has 1 atom stereocenters. The number of amides is 1. The molecule has 0 aliphatic rings. The Kier molecular flexibility index (Phi) is 5.52. The number of benzene rings is 1. The number of pyridine rings is 1. The highest BCUT2D eigenvalue weighted by atomic mass is 35.5. The van der Waals surface area contributed by atoms with Gasteiger partial charge in [0, 0.05) is 11.1 Å². The van der Waals surface area contributed by atoms with Gasteiger partial charge in [0.25, 0.3) is 11.2 Å². The zero-order valence-electron chi connectivity index (χ0n) is 13.1. The minimum Gasteiger partial charge on any atom is -0.348 e. The first-order valence-corrected chi connectivity index (χ1v) is 7.54. The molecule has 1 heterocycles. The Morgan fingerprint density at radius 1 is 1.48 bits per heavy atom. The van der Waals surface area contributed by atoms with E-state index in [-0.39, 0.29) is 0 Å². The Balaban J connectivity index is 2.22. The Morgan fingerprint density at radius 3 is 2.76 bits per heavy atom. The lowest BCUT2D eigenvalue weighted by Gasteiger charge is -2.16. The smallest absolute Gasteiger partial charge is 0.287 e. The summed E-state index contributed by atoms with van der Waals surface area (Å²) in [4.78, 5) is 34.4. The maximum Gasteiger partial charge on any atom is 0.287 e. The minimum absolute atomic E-state index is 0.402. The number of nitrogens with one attached hydrogen (secondary N) is 1. The van der Waals surface area contributed by atoms with Gasteiger partial charge in [-0.05, 0) is 18.6 Å². The van der Waals surface area contributed by atoms with Crippen molar-refractivity contribution < 1.29 is 9.72 Å². The van der Waals surface area contributed by atoms with Crippen LogP contribution in [0.2, 0.25) is 5.02 Å². The molecular formula is C16H13ClN4O4. The van der Waals surface area contributed by atoms with Crippen LogP contribution in [0.15, 0.2) is 41.3 Å². The van der Waals surface area contributed by atoms with Gasteiger partial charge in [-0.25, -0.2) is 0 Å². The van der Waals surface area contributed by atoms with Crippen molar-refractivity contribution in [3.63, 3.8) is 0 Å². The number of hydrogen-bond donors (Lipinski definition) is 1. The van der Waals surface area contributed by atoms with Gasteiger partial charge in [-0.15, -0.1) is 0 Å². The molecule has 25 heavy (non-hydrogen) atoms. The summed E-state index contributed by atoms with van der Waals surface area (Å²) in [6, 6.07) is 9.01. The first-order valence-electron chi connectivity index (χ1n) is 7.16. The first-order chi connectivity index (χ1) is 11.8. The second-order valence-corrected chi connectivity index (χ2v) is 5.63. The van der Waals surface area contributed by atoms with E-state index in [2.05, 4.69) is 5.32 Å². The van der Waals surface area contributed by atoms with Crippen molar-refractivity contribution in [2.45, 2.75) is 19.5 Å². The van der Waals surface area contributed by atoms with E-state index in [0.717, 1.165) is 16.8 Å². The van der Waals surface area contributed by atoms with E-state index in [1.165, 1.54) is 0 Å². The van der Waals surface area contributed by atoms with Crippen LogP contribution in [0.3, 0.4) is 0 Å². The number of halogens is 1. The summed E-state index contributed by atoms with van der Waals surface area (Å²) < 4.78 is 0.839. The van der Waals surface area contributed by atoms with Gasteiger partial charge in [-0.2, -0.15) is 5.26 Å². The van der Waals surface area contributed by atoms with Crippen molar-refractivity contribution in [2.75, 3.05) is 0 Å². The highest BCUT2D eigenvalue weighted by Crippen LogP contribution is 2.22. The molecule has 1 amide bonds. The van der Waals surface area contributed by atoms with Crippen LogP contribution in [-0.2, 0) is 11.3 Å². The average Bonchev–Trinajstić information content (AvgIpc) is 2.56. The summed E-state index contributed by atoms with van der Waals surface area (Å²) in [6.45, 7) is 1.26. The lowest BCUT2D eigenvalue weighted by molar-refractivity contribution is -0.385. The van der Waals surface area contributed by atoms with Gasteiger partial charge in [0.1, 0.15) is 18.2 Å². The van der Waals surface area contributed by atoms with E-state index in [4.69, 9.17) is 16.9 Å². The average molecular weight is 361 g/mol. The van der Waals surface area contributed by atoms with Crippen molar-refractivity contribution in [3.8, 4) is 6.07 Å². The van der Waals surface area contributed by atoms with Gasteiger partial charge in [-0.3, -0.25) is 24.3 Å². The molecule has 1 aromatic carbocycles. The SMILES string of the molecule is C[C@H](NC(=O)Cn1cc([N+](=O)[O-])cc(C#N)c1=O)c1ccccc1Cl. The molecule has 0 bridgehead atoms. The Hall–Kier alpha value is -3.18. The number of rotatable bonds is 5. The second-order valence-electron chi connectivity index (χ2n) is 5.22. The van der Waals surface area contributed by atoms with Gasteiger partial charge in [0.05, 0.1) is 17.2 Å². The molecule has 2 rings (SSSR count). The number of carbonyl (C=O) groups excluding carboxylic acids is 1. The van der Waals surface area contributed by atoms with Gasteiger partial charge >= 0.3 is 0 Å². The van der Waals surface area contributed by atoms with Gasteiger partial charge in [0.2, 0.25) is 5.91 Å². The third-order valence-corrected chi connectivity index (χ3v) is 3.81. The molecule has 0 spiro atoms. The van der Waals surface area contributed by atoms with Crippen molar-refractivity contribution in [2.24, 2.45) is 0 Å². The van der Waals surface area contributed by atoms with E-state index in [1.54, 1.807) is 37.3 Å². The van der Waals surface area contributed by atoms with Crippen LogP contribution >= 0.6 is 11.6 Å². The molecule has 0 saturated carbocycles. The molecule has 0 fully saturated rings. The van der Waals surface area contributed by atoms with E-state index >= 15 is 0 Å². The molecular weight excluding hydrogens is 348 g/mol. The van der Waals surface area contributed by atoms with Crippen LogP contribution in [0.5, 0.6) is 0 Å². The van der Waals surface area contributed by atoms with Crippen LogP contribution in [-0.4, -0.2) is 15.4 Å². The first kappa shape index (κ1) is 18.2. The fraction of sp³-hybridized carbons (Fsp3) is 0.188. The Bertz CT molecular complexity index is 932. The molecule has 1 aromatic heterocycles. The quantitative estimate of drug-likeness (QED) is 0.647. The summed E-state index contributed by atoms with van der Waals surface area (Å²) in [7, 11) is 0. The second kappa shape index (κ2) is 7.59. The van der Waals surface area contributed by atoms with Crippen LogP contribution in [0.25, 0.3) is 0 Å². The predicted molar refractivity (Wildman–Crippen MR) is 90.1 cm³/mol. The number of hydrogen-bond acceptors (Lipinski definition) is 5. The highest BCUT2D eigenvalue weighted by Gasteiger charge is 2.17. The maximum atomic E-state index is 12.2. The third-order valence-electron chi connectivity index (χ3n) is 3.47. The fourth-order valence-corrected chi connectivity index (χ4v) is 2.56. The van der Waals surface area contributed by atoms with Crippen LogP contribution < -0.4 is 10.9 Å². The van der Waals surface area contributed by atoms with Crippen LogP contribution in [0, 0.1) is 21.4 Å². The standard InChI is InChI=1S/C16H13ClN4O4/c1-10(13-4-2-3-5-14(13)17)19-15(22)9-20-8-12(21(24)25)6-11(7-18)16(20)23/h2-6,8,10H,9H2,1H3,(H,19,22)/t10-/m0/s1. The molecule has 1 N–H and O–H groups in total. The number of nitrogens with zero attached hydrogens (tertiary/aromatic N) is 3. The zero-order chi connectivity index (χ0) is 18.6. The fourth-order valence-electron chi connectivity index (χ4n) is 2.26. The molecule has 0 radical (unpaired) electrons. The monoisotopic (exact) mass is 360 g/mol. The number of nitriles is 1. The molecule has 2 aromatic rings. The lowest BCUT2D eigenvalue weighted by atomic mass is 10.1. The van der Waals surface area contributed by atoms with Crippen molar-refractivity contribution in [1.82, 2.24) is 9.88 Å². The normalized spacial score (nSPS) is 11.4. The predicted octanol–water partition coefficient (Wildman–Crippen LogP) is 2.16. The number of carbonyl (C=O) groups is 1. The van der Waals surface area contributed by atoms with E-state index in [1.807, 2.05) is 0 Å². The highest BCUT2D eigenvalue weighted by molar-refractivity contribution is 6.31. The summed E-state index contributed by atoms with van der Waals surface area (Å²) in [6.07, 6.45) is 0.933. The van der Waals surface area contributed by atoms with Gasteiger partial charge in [-0.1, -0.05) is 29.8 Å². The molecule has 0 saturated heterocycles. The molecule has 9 heteroatoms. The summed E-state index contributed by atoms with van der Waals surface area (Å²) in [5.74, 6) is -0.543. The number of aromatic nitrogens is 1. The van der Waals surface area contributed by atoms with Crippen molar-refractivity contribution in [1.29, 1.82) is 5.26 Å².